The van der Waals surface area contributed by atoms with E-state index in [0.29, 0.717) is 5.02 Å². The molecule has 4 nitrogen and oxygen atoms in total. The van der Waals surface area contributed by atoms with Crippen molar-refractivity contribution >= 4 is 21.7 Å². The molecule has 2 rings (SSSR count). The fourth-order valence-corrected chi connectivity index (χ4v) is 3.60. The first-order valence-electron chi connectivity index (χ1n) is 7.55. The van der Waals surface area contributed by atoms with Crippen LogP contribution in [0, 0.1) is 13.8 Å². The number of rotatable bonds is 5. The Balaban J connectivity index is 2.49. The van der Waals surface area contributed by atoms with Gasteiger partial charge in [-0.05, 0) is 60.7 Å². The Bertz CT molecular complexity index is 834. The van der Waals surface area contributed by atoms with Crippen molar-refractivity contribution in [2.24, 2.45) is 0 Å². The fraction of sp³-hybridized carbons (Fsp3) is 0.333. The van der Waals surface area contributed by atoms with Crippen molar-refractivity contribution < 1.29 is 17.3 Å². The van der Waals surface area contributed by atoms with Gasteiger partial charge in [-0.3, -0.25) is 0 Å². The van der Waals surface area contributed by atoms with Crippen LogP contribution in [0.1, 0.15) is 36.5 Å². The van der Waals surface area contributed by atoms with Gasteiger partial charge in [-0.25, -0.2) is 0 Å². The van der Waals surface area contributed by atoms with E-state index in [2.05, 4.69) is 0 Å². The first-order valence-corrected chi connectivity index (χ1v) is 9.33. The minimum absolute atomic E-state index is 0.0152. The molecule has 24 heavy (non-hydrogen) atoms. The summed E-state index contributed by atoms with van der Waals surface area (Å²) in [4.78, 5) is 0.0152. The molecule has 0 fully saturated rings. The maximum absolute atomic E-state index is 12.7. The lowest BCUT2D eigenvalue weighted by Gasteiger charge is -2.14. The topological polar surface area (TPSA) is 52.6 Å². The molecule has 0 heterocycles. The number of aryl methyl sites for hydroxylation is 2. The first-order chi connectivity index (χ1) is 11.2. The van der Waals surface area contributed by atoms with Gasteiger partial charge in [-0.1, -0.05) is 31.5 Å². The number of benzene rings is 2. The van der Waals surface area contributed by atoms with E-state index in [1.165, 1.54) is 7.11 Å². The summed E-state index contributed by atoms with van der Waals surface area (Å²) in [6.45, 7) is 7.58. The van der Waals surface area contributed by atoms with Crippen molar-refractivity contribution in [1.82, 2.24) is 0 Å². The van der Waals surface area contributed by atoms with Gasteiger partial charge in [0.1, 0.15) is 16.4 Å². The van der Waals surface area contributed by atoms with E-state index in [0.717, 1.165) is 16.7 Å². The van der Waals surface area contributed by atoms with Crippen molar-refractivity contribution in [2.75, 3.05) is 7.11 Å². The quantitative estimate of drug-likeness (QED) is 0.707. The van der Waals surface area contributed by atoms with Gasteiger partial charge in [0.05, 0.1) is 7.11 Å². The van der Waals surface area contributed by atoms with Crippen LogP contribution in [0.4, 0.5) is 0 Å². The number of halogens is 1. The highest BCUT2D eigenvalue weighted by Gasteiger charge is 2.23. The van der Waals surface area contributed by atoms with Gasteiger partial charge in [-0.2, -0.15) is 8.42 Å². The predicted molar refractivity (Wildman–Crippen MR) is 95.8 cm³/mol. The van der Waals surface area contributed by atoms with E-state index in [1.807, 2.05) is 19.9 Å². The molecule has 6 heteroatoms. The van der Waals surface area contributed by atoms with E-state index in [4.69, 9.17) is 20.5 Å². The summed E-state index contributed by atoms with van der Waals surface area (Å²) in [5.74, 6) is 0.665. The SMILES string of the molecule is COc1ccc(C(C)C)cc1S(=O)(=O)Oc1cc(C)c(Cl)c(C)c1. The van der Waals surface area contributed by atoms with Crippen molar-refractivity contribution in [3.63, 3.8) is 0 Å². The van der Waals surface area contributed by atoms with Gasteiger partial charge < -0.3 is 8.92 Å². The second-order valence-corrected chi connectivity index (χ2v) is 7.87. The van der Waals surface area contributed by atoms with Crippen LogP contribution >= 0.6 is 11.6 Å². The molecule has 0 N–H and O–H groups in total. The minimum Gasteiger partial charge on any atom is -0.495 e. The molecule has 0 saturated heterocycles. The summed E-state index contributed by atoms with van der Waals surface area (Å²) in [5, 5.41) is 0.596. The Hall–Kier alpha value is -1.72. The van der Waals surface area contributed by atoms with Crippen LogP contribution in [0.5, 0.6) is 11.5 Å². The zero-order valence-electron chi connectivity index (χ0n) is 14.4. The minimum atomic E-state index is -4.03. The second kappa shape index (κ2) is 7.03. The average molecular weight is 369 g/mol. The summed E-state index contributed by atoms with van der Waals surface area (Å²) in [5.41, 5.74) is 2.40. The van der Waals surface area contributed by atoms with E-state index in [1.54, 1.807) is 38.1 Å². The summed E-state index contributed by atoms with van der Waals surface area (Å²) in [6, 6.07) is 8.29. The lowest BCUT2D eigenvalue weighted by molar-refractivity contribution is 0.397. The smallest absolute Gasteiger partial charge is 0.342 e. The van der Waals surface area contributed by atoms with Gasteiger partial charge in [0, 0.05) is 5.02 Å². The Morgan fingerprint density at radius 2 is 1.62 bits per heavy atom. The highest BCUT2D eigenvalue weighted by atomic mass is 35.5. The Kier molecular flexibility index (Phi) is 5.45. The summed E-state index contributed by atoms with van der Waals surface area (Å²) < 4.78 is 36.0. The molecule has 130 valence electrons. The van der Waals surface area contributed by atoms with Crippen LogP contribution in [0.2, 0.25) is 5.02 Å². The van der Waals surface area contributed by atoms with Crippen molar-refractivity contribution in [3.8, 4) is 11.5 Å². The Morgan fingerprint density at radius 1 is 1.04 bits per heavy atom. The molecular formula is C18H21ClO4S. The number of methoxy groups -OCH3 is 1. The molecule has 0 aliphatic heterocycles. The third kappa shape index (κ3) is 3.84. The monoisotopic (exact) mass is 368 g/mol. The Morgan fingerprint density at radius 3 is 2.12 bits per heavy atom. The van der Waals surface area contributed by atoms with Crippen molar-refractivity contribution in [1.29, 1.82) is 0 Å². The van der Waals surface area contributed by atoms with Crippen LogP contribution in [-0.4, -0.2) is 15.5 Å². The highest BCUT2D eigenvalue weighted by molar-refractivity contribution is 7.87. The zero-order valence-corrected chi connectivity index (χ0v) is 16.0. The fourth-order valence-electron chi connectivity index (χ4n) is 2.37. The zero-order chi connectivity index (χ0) is 18.1. The number of hydrogen-bond acceptors (Lipinski definition) is 4. The lowest BCUT2D eigenvalue weighted by atomic mass is 10.0. The van der Waals surface area contributed by atoms with E-state index >= 15 is 0 Å². The van der Waals surface area contributed by atoms with E-state index in [-0.39, 0.29) is 22.3 Å². The van der Waals surface area contributed by atoms with Gasteiger partial charge in [0.25, 0.3) is 0 Å². The van der Waals surface area contributed by atoms with Crippen LogP contribution in [0.25, 0.3) is 0 Å². The van der Waals surface area contributed by atoms with Crippen molar-refractivity contribution in [2.45, 2.75) is 38.5 Å². The molecule has 0 aromatic heterocycles. The number of ether oxygens (including phenoxy) is 1. The number of hydrogen-bond donors (Lipinski definition) is 0. The summed E-state index contributed by atoms with van der Waals surface area (Å²) in [6.07, 6.45) is 0. The maximum Gasteiger partial charge on any atom is 0.342 e. The Labute approximate surface area is 148 Å². The summed E-state index contributed by atoms with van der Waals surface area (Å²) in [7, 11) is -2.60. The van der Waals surface area contributed by atoms with Gasteiger partial charge in [0.2, 0.25) is 0 Å². The lowest BCUT2D eigenvalue weighted by Crippen LogP contribution is -2.12. The predicted octanol–water partition coefficient (Wildman–Crippen LogP) is 4.86. The van der Waals surface area contributed by atoms with E-state index in [9.17, 15) is 8.42 Å². The molecule has 0 bridgehead atoms. The second-order valence-electron chi connectivity index (χ2n) is 5.97. The molecule has 0 radical (unpaired) electrons. The molecule has 0 atom stereocenters. The largest absolute Gasteiger partial charge is 0.495 e. The van der Waals surface area contributed by atoms with Crippen LogP contribution < -0.4 is 8.92 Å². The van der Waals surface area contributed by atoms with Crippen LogP contribution in [-0.2, 0) is 10.1 Å². The molecule has 0 aliphatic rings. The van der Waals surface area contributed by atoms with E-state index < -0.39 is 10.1 Å². The molecular weight excluding hydrogens is 348 g/mol. The van der Waals surface area contributed by atoms with Gasteiger partial charge >= 0.3 is 10.1 Å². The molecule has 0 amide bonds. The molecule has 2 aromatic rings. The highest BCUT2D eigenvalue weighted by Crippen LogP contribution is 2.32. The molecule has 0 spiro atoms. The third-order valence-electron chi connectivity index (χ3n) is 3.74. The van der Waals surface area contributed by atoms with Gasteiger partial charge in [-0.15, -0.1) is 0 Å². The normalized spacial score (nSPS) is 11.6. The molecule has 0 saturated carbocycles. The van der Waals surface area contributed by atoms with Crippen molar-refractivity contribution in [3.05, 3.63) is 52.0 Å². The van der Waals surface area contributed by atoms with Gasteiger partial charge in [0.15, 0.2) is 0 Å². The average Bonchev–Trinajstić information content (AvgIpc) is 2.51. The molecule has 0 aliphatic carbocycles. The van der Waals surface area contributed by atoms with Crippen LogP contribution in [0.3, 0.4) is 0 Å². The summed E-state index contributed by atoms with van der Waals surface area (Å²) >= 11 is 6.12. The molecule has 0 unspecified atom stereocenters. The molecule has 2 aromatic carbocycles. The maximum atomic E-state index is 12.7. The third-order valence-corrected chi connectivity index (χ3v) is 5.61. The first kappa shape index (κ1) is 18.6. The van der Waals surface area contributed by atoms with Crippen LogP contribution in [0.15, 0.2) is 35.2 Å². The standard InChI is InChI=1S/C18H21ClO4S/c1-11(2)14-6-7-16(22-5)17(10-14)24(20,21)23-15-8-12(3)18(19)13(4)9-15/h6-11H,1-5H3.